The summed E-state index contributed by atoms with van der Waals surface area (Å²) in [5, 5.41) is 7.36. The Morgan fingerprint density at radius 2 is 1.80 bits per heavy atom. The van der Waals surface area contributed by atoms with Gasteiger partial charge in [-0.25, -0.2) is 4.98 Å². The van der Waals surface area contributed by atoms with E-state index in [0.717, 1.165) is 23.0 Å². The number of ether oxygens (including phenoxy) is 1. The maximum atomic E-state index is 5.69. The summed E-state index contributed by atoms with van der Waals surface area (Å²) in [6.07, 6.45) is 0. The highest BCUT2D eigenvalue weighted by Gasteiger charge is 2.28. The molecule has 1 aliphatic heterocycles. The van der Waals surface area contributed by atoms with Crippen molar-refractivity contribution in [3.05, 3.63) is 66.0 Å². The van der Waals surface area contributed by atoms with Crippen LogP contribution in [0.25, 0.3) is 11.4 Å². The van der Waals surface area contributed by atoms with Gasteiger partial charge in [-0.1, -0.05) is 48.5 Å². The van der Waals surface area contributed by atoms with Crippen LogP contribution in [0.2, 0.25) is 0 Å². The van der Waals surface area contributed by atoms with Crippen molar-refractivity contribution in [2.24, 2.45) is 0 Å². The maximum Gasteiger partial charge on any atom is 0.181 e. The number of hydrogen-bond acceptors (Lipinski definition) is 3. The summed E-state index contributed by atoms with van der Waals surface area (Å²) in [5.74, 6) is 2.66. The van der Waals surface area contributed by atoms with Gasteiger partial charge in [-0.05, 0) is 6.07 Å². The molecule has 1 aliphatic rings. The fraction of sp³-hybridized carbons (Fsp3) is 0.125. The lowest BCUT2D eigenvalue weighted by atomic mass is 10.0. The van der Waals surface area contributed by atoms with Crippen molar-refractivity contribution in [2.45, 2.75) is 5.92 Å². The zero-order valence-corrected chi connectivity index (χ0v) is 10.8. The molecule has 0 amide bonds. The van der Waals surface area contributed by atoms with E-state index in [1.807, 2.05) is 48.5 Å². The van der Waals surface area contributed by atoms with Gasteiger partial charge in [-0.2, -0.15) is 5.10 Å². The normalized spacial score (nSPS) is 16.7. The molecular formula is C16H13N3O. The molecule has 0 fully saturated rings. The Hall–Kier alpha value is -2.62. The quantitative estimate of drug-likeness (QED) is 0.773. The number of para-hydroxylation sites is 1. The van der Waals surface area contributed by atoms with E-state index in [1.54, 1.807) is 0 Å². The molecule has 4 nitrogen and oxygen atoms in total. The summed E-state index contributed by atoms with van der Waals surface area (Å²) in [6.45, 7) is 0.614. The van der Waals surface area contributed by atoms with Crippen molar-refractivity contribution < 1.29 is 4.74 Å². The number of fused-ring (bicyclic) bond motifs is 1. The number of aromatic amines is 1. The molecule has 0 saturated carbocycles. The van der Waals surface area contributed by atoms with Crippen LogP contribution in [0, 0.1) is 0 Å². The third-order valence-electron chi connectivity index (χ3n) is 3.56. The van der Waals surface area contributed by atoms with E-state index in [0.29, 0.717) is 6.61 Å². The Balaban J connectivity index is 1.70. The molecule has 20 heavy (non-hydrogen) atoms. The third kappa shape index (κ3) is 1.77. The Morgan fingerprint density at radius 3 is 2.70 bits per heavy atom. The van der Waals surface area contributed by atoms with Crippen LogP contribution in [-0.2, 0) is 0 Å². The fourth-order valence-electron chi connectivity index (χ4n) is 2.54. The molecule has 4 rings (SSSR count). The van der Waals surface area contributed by atoms with Crippen molar-refractivity contribution in [2.75, 3.05) is 6.61 Å². The predicted molar refractivity (Wildman–Crippen MR) is 75.6 cm³/mol. The van der Waals surface area contributed by atoms with Gasteiger partial charge in [0.15, 0.2) is 5.82 Å². The topological polar surface area (TPSA) is 50.8 Å². The van der Waals surface area contributed by atoms with Crippen molar-refractivity contribution in [1.82, 2.24) is 15.2 Å². The summed E-state index contributed by atoms with van der Waals surface area (Å²) in [4.78, 5) is 4.61. The molecular weight excluding hydrogens is 250 g/mol. The Labute approximate surface area is 116 Å². The van der Waals surface area contributed by atoms with Crippen molar-refractivity contribution >= 4 is 0 Å². The Kier molecular flexibility index (Phi) is 2.52. The number of benzene rings is 2. The lowest BCUT2D eigenvalue weighted by Gasteiger charge is -2.03. The molecule has 1 N–H and O–H groups in total. The lowest BCUT2D eigenvalue weighted by molar-refractivity contribution is 0.340. The molecule has 0 radical (unpaired) electrons. The molecule has 0 aliphatic carbocycles. The van der Waals surface area contributed by atoms with Crippen molar-refractivity contribution in [1.29, 1.82) is 0 Å². The van der Waals surface area contributed by atoms with E-state index >= 15 is 0 Å². The van der Waals surface area contributed by atoms with E-state index in [1.165, 1.54) is 5.56 Å². The summed E-state index contributed by atoms with van der Waals surface area (Å²) in [7, 11) is 0. The van der Waals surface area contributed by atoms with Gasteiger partial charge in [0.05, 0.1) is 5.92 Å². The molecule has 3 aromatic rings. The largest absolute Gasteiger partial charge is 0.492 e. The minimum Gasteiger partial charge on any atom is -0.492 e. The number of nitrogens with zero attached hydrogens (tertiary/aromatic N) is 2. The first-order valence-corrected chi connectivity index (χ1v) is 6.61. The summed E-state index contributed by atoms with van der Waals surface area (Å²) < 4.78 is 5.69. The predicted octanol–water partition coefficient (Wildman–Crippen LogP) is 3.00. The lowest BCUT2D eigenvalue weighted by Crippen LogP contribution is -2.04. The second kappa shape index (κ2) is 4.49. The van der Waals surface area contributed by atoms with E-state index in [9.17, 15) is 0 Å². The highest BCUT2D eigenvalue weighted by Crippen LogP contribution is 2.36. The van der Waals surface area contributed by atoms with Crippen LogP contribution in [0.15, 0.2) is 54.6 Å². The number of nitrogens with one attached hydrogen (secondary N) is 1. The van der Waals surface area contributed by atoms with Crippen LogP contribution in [0.3, 0.4) is 0 Å². The molecule has 1 aromatic heterocycles. The van der Waals surface area contributed by atoms with Gasteiger partial charge in [0.25, 0.3) is 0 Å². The van der Waals surface area contributed by atoms with Crippen LogP contribution >= 0.6 is 0 Å². The van der Waals surface area contributed by atoms with Crippen LogP contribution in [0.4, 0.5) is 0 Å². The van der Waals surface area contributed by atoms with Crippen LogP contribution in [-0.4, -0.2) is 21.8 Å². The van der Waals surface area contributed by atoms with Gasteiger partial charge in [0, 0.05) is 11.1 Å². The monoisotopic (exact) mass is 263 g/mol. The van der Waals surface area contributed by atoms with Gasteiger partial charge in [-0.15, -0.1) is 0 Å². The molecule has 1 unspecified atom stereocenters. The van der Waals surface area contributed by atoms with E-state index in [-0.39, 0.29) is 5.92 Å². The summed E-state index contributed by atoms with van der Waals surface area (Å²) in [6, 6.07) is 18.0. The standard InChI is InChI=1S/C16H13N3O/c1-2-6-11(7-3-1)15-17-16(19-18-15)13-10-20-14-9-5-4-8-12(13)14/h1-9,13H,10H2,(H,17,18,19). The van der Waals surface area contributed by atoms with E-state index in [2.05, 4.69) is 21.2 Å². The fourth-order valence-corrected chi connectivity index (χ4v) is 2.54. The zero-order chi connectivity index (χ0) is 13.4. The van der Waals surface area contributed by atoms with Gasteiger partial charge in [-0.3, -0.25) is 5.10 Å². The average Bonchev–Trinajstić information content (AvgIpc) is 3.14. The second-order valence-corrected chi connectivity index (χ2v) is 4.81. The first kappa shape index (κ1) is 11.2. The molecule has 1 atom stereocenters. The van der Waals surface area contributed by atoms with E-state index in [4.69, 9.17) is 4.74 Å². The molecule has 2 heterocycles. The highest BCUT2D eigenvalue weighted by molar-refractivity contribution is 5.54. The molecule has 0 saturated heterocycles. The number of aromatic nitrogens is 3. The van der Waals surface area contributed by atoms with Crippen molar-refractivity contribution in [3.8, 4) is 17.1 Å². The van der Waals surface area contributed by atoms with Gasteiger partial charge in [0.1, 0.15) is 18.2 Å². The first-order chi connectivity index (χ1) is 9.92. The minimum absolute atomic E-state index is 0.135. The third-order valence-corrected chi connectivity index (χ3v) is 3.56. The zero-order valence-electron chi connectivity index (χ0n) is 10.8. The highest BCUT2D eigenvalue weighted by atomic mass is 16.5. The van der Waals surface area contributed by atoms with Crippen molar-refractivity contribution in [3.63, 3.8) is 0 Å². The summed E-state index contributed by atoms with van der Waals surface area (Å²) >= 11 is 0. The maximum absolute atomic E-state index is 5.69. The van der Waals surface area contributed by atoms with E-state index < -0.39 is 0 Å². The SMILES string of the molecule is c1ccc(-c2n[nH]c(C3COc4ccccc43)n2)cc1. The molecule has 0 bridgehead atoms. The summed E-state index contributed by atoms with van der Waals surface area (Å²) in [5.41, 5.74) is 2.19. The Morgan fingerprint density at radius 1 is 1.00 bits per heavy atom. The molecule has 2 aromatic carbocycles. The van der Waals surface area contributed by atoms with Crippen LogP contribution in [0.1, 0.15) is 17.3 Å². The van der Waals surface area contributed by atoms with Crippen LogP contribution < -0.4 is 4.74 Å². The second-order valence-electron chi connectivity index (χ2n) is 4.81. The van der Waals surface area contributed by atoms with Gasteiger partial charge in [0.2, 0.25) is 0 Å². The molecule has 98 valence electrons. The first-order valence-electron chi connectivity index (χ1n) is 6.61. The molecule has 0 spiro atoms. The Bertz CT molecular complexity index is 736. The van der Waals surface area contributed by atoms with Gasteiger partial charge >= 0.3 is 0 Å². The molecule has 4 heteroatoms. The van der Waals surface area contributed by atoms with Crippen LogP contribution in [0.5, 0.6) is 5.75 Å². The minimum atomic E-state index is 0.135. The smallest absolute Gasteiger partial charge is 0.181 e. The number of rotatable bonds is 2. The number of hydrogen-bond donors (Lipinski definition) is 1. The van der Waals surface area contributed by atoms with Gasteiger partial charge < -0.3 is 4.74 Å². The average molecular weight is 263 g/mol. The number of H-pyrrole nitrogens is 1.